The van der Waals surface area contributed by atoms with Crippen LogP contribution in [0, 0.1) is 5.92 Å². The zero-order valence-corrected chi connectivity index (χ0v) is 16.7. The third-order valence-corrected chi connectivity index (χ3v) is 4.55. The number of nitrogens with zero attached hydrogens (tertiary/aromatic N) is 2. The van der Waals surface area contributed by atoms with Gasteiger partial charge in [-0.1, -0.05) is 43.6 Å². The Morgan fingerprint density at radius 2 is 1.93 bits per heavy atom. The zero-order valence-electron chi connectivity index (χ0n) is 15.9. The van der Waals surface area contributed by atoms with Crippen molar-refractivity contribution < 1.29 is 9.59 Å². The SMILES string of the molecule is CC(C)C(=O)NCCc1nc2ccccc2n1CC(=O)Nc1cccc(Cl)c1. The molecule has 28 heavy (non-hydrogen) atoms. The molecule has 2 N–H and O–H groups in total. The Morgan fingerprint density at radius 3 is 2.68 bits per heavy atom. The van der Waals surface area contributed by atoms with Crippen LogP contribution in [-0.4, -0.2) is 27.9 Å². The van der Waals surface area contributed by atoms with E-state index in [-0.39, 0.29) is 24.3 Å². The monoisotopic (exact) mass is 398 g/mol. The minimum Gasteiger partial charge on any atom is -0.355 e. The Kier molecular flexibility index (Phi) is 6.31. The van der Waals surface area contributed by atoms with E-state index in [2.05, 4.69) is 15.6 Å². The van der Waals surface area contributed by atoms with Crippen molar-refractivity contribution in [1.82, 2.24) is 14.9 Å². The number of amides is 2. The third kappa shape index (κ3) is 4.89. The lowest BCUT2D eigenvalue weighted by atomic mass is 10.2. The van der Waals surface area contributed by atoms with Gasteiger partial charge in [0.2, 0.25) is 11.8 Å². The molecule has 0 bridgehead atoms. The molecule has 0 aliphatic carbocycles. The lowest BCUT2D eigenvalue weighted by Gasteiger charge is -2.11. The second-order valence-corrected chi connectivity index (χ2v) is 7.29. The summed E-state index contributed by atoms with van der Waals surface area (Å²) in [5, 5.41) is 6.32. The summed E-state index contributed by atoms with van der Waals surface area (Å²) in [5.74, 6) is 0.521. The number of carbonyl (C=O) groups excluding carboxylic acids is 2. The third-order valence-electron chi connectivity index (χ3n) is 4.32. The van der Waals surface area contributed by atoms with Crippen LogP contribution < -0.4 is 10.6 Å². The fourth-order valence-electron chi connectivity index (χ4n) is 2.90. The van der Waals surface area contributed by atoms with Crippen molar-refractivity contribution in [2.24, 2.45) is 5.92 Å². The van der Waals surface area contributed by atoms with Crippen LogP contribution in [0.5, 0.6) is 0 Å². The predicted molar refractivity (Wildman–Crippen MR) is 111 cm³/mol. The Morgan fingerprint density at radius 1 is 1.14 bits per heavy atom. The molecule has 2 amide bonds. The number of anilines is 1. The number of nitrogens with one attached hydrogen (secondary N) is 2. The topological polar surface area (TPSA) is 76.0 Å². The molecule has 1 aromatic heterocycles. The van der Waals surface area contributed by atoms with Gasteiger partial charge in [-0.3, -0.25) is 9.59 Å². The van der Waals surface area contributed by atoms with E-state index in [9.17, 15) is 9.59 Å². The summed E-state index contributed by atoms with van der Waals surface area (Å²) in [7, 11) is 0. The fraction of sp³-hybridized carbons (Fsp3) is 0.286. The molecule has 0 radical (unpaired) electrons. The van der Waals surface area contributed by atoms with Gasteiger partial charge in [0.1, 0.15) is 12.4 Å². The summed E-state index contributed by atoms with van der Waals surface area (Å²) in [6.07, 6.45) is 0.539. The predicted octanol–water partition coefficient (Wildman–Crippen LogP) is 3.64. The average molecular weight is 399 g/mol. The van der Waals surface area contributed by atoms with Crippen LogP contribution >= 0.6 is 11.6 Å². The number of halogens is 1. The molecule has 3 rings (SSSR count). The zero-order chi connectivity index (χ0) is 20.1. The molecule has 146 valence electrons. The van der Waals surface area contributed by atoms with Crippen LogP contribution in [0.4, 0.5) is 5.69 Å². The fourth-order valence-corrected chi connectivity index (χ4v) is 3.09. The molecule has 0 unspecified atom stereocenters. The highest BCUT2D eigenvalue weighted by atomic mass is 35.5. The summed E-state index contributed by atoms with van der Waals surface area (Å²) in [6, 6.07) is 14.7. The van der Waals surface area contributed by atoms with E-state index in [1.54, 1.807) is 24.3 Å². The second kappa shape index (κ2) is 8.89. The highest BCUT2D eigenvalue weighted by Crippen LogP contribution is 2.18. The second-order valence-electron chi connectivity index (χ2n) is 6.86. The largest absolute Gasteiger partial charge is 0.355 e. The maximum atomic E-state index is 12.6. The van der Waals surface area contributed by atoms with Gasteiger partial charge in [0, 0.05) is 29.6 Å². The van der Waals surface area contributed by atoms with E-state index >= 15 is 0 Å². The van der Waals surface area contributed by atoms with Crippen LogP contribution in [0.25, 0.3) is 11.0 Å². The standard InChI is InChI=1S/C21H23ClN4O2/c1-14(2)21(28)23-11-10-19-25-17-8-3-4-9-18(17)26(19)13-20(27)24-16-7-5-6-15(22)12-16/h3-9,12,14H,10-11,13H2,1-2H3,(H,23,28)(H,24,27). The minimum atomic E-state index is -0.169. The molecular formula is C21H23ClN4O2. The first kappa shape index (κ1) is 19.9. The number of carbonyl (C=O) groups is 2. The molecular weight excluding hydrogens is 376 g/mol. The normalized spacial score (nSPS) is 11.0. The molecule has 3 aromatic rings. The van der Waals surface area contributed by atoms with E-state index < -0.39 is 0 Å². The van der Waals surface area contributed by atoms with Crippen molar-refractivity contribution in [2.75, 3.05) is 11.9 Å². The first-order chi connectivity index (χ1) is 13.4. The molecule has 2 aromatic carbocycles. The highest BCUT2D eigenvalue weighted by molar-refractivity contribution is 6.30. The van der Waals surface area contributed by atoms with Crippen LogP contribution in [0.1, 0.15) is 19.7 Å². The van der Waals surface area contributed by atoms with Gasteiger partial charge < -0.3 is 15.2 Å². The van der Waals surface area contributed by atoms with Gasteiger partial charge in [0.15, 0.2) is 0 Å². The highest BCUT2D eigenvalue weighted by Gasteiger charge is 2.14. The van der Waals surface area contributed by atoms with Gasteiger partial charge in [-0.15, -0.1) is 0 Å². The van der Waals surface area contributed by atoms with E-state index in [1.165, 1.54) is 0 Å². The number of rotatable bonds is 7. The summed E-state index contributed by atoms with van der Waals surface area (Å²) < 4.78 is 1.89. The first-order valence-corrected chi connectivity index (χ1v) is 9.59. The lowest BCUT2D eigenvalue weighted by molar-refractivity contribution is -0.124. The van der Waals surface area contributed by atoms with Gasteiger partial charge in [0.25, 0.3) is 0 Å². The quantitative estimate of drug-likeness (QED) is 0.637. The number of aromatic nitrogens is 2. The molecule has 0 spiro atoms. The molecule has 0 saturated carbocycles. The number of hydrogen-bond donors (Lipinski definition) is 2. The van der Waals surface area contributed by atoms with Gasteiger partial charge in [0.05, 0.1) is 11.0 Å². The molecule has 0 aliphatic heterocycles. The lowest BCUT2D eigenvalue weighted by Crippen LogP contribution is -2.30. The molecule has 6 nitrogen and oxygen atoms in total. The molecule has 0 fully saturated rings. The van der Waals surface area contributed by atoms with Crippen LogP contribution in [0.15, 0.2) is 48.5 Å². The minimum absolute atomic E-state index is 0.00126. The van der Waals surface area contributed by atoms with Gasteiger partial charge in [-0.25, -0.2) is 4.98 Å². The van der Waals surface area contributed by atoms with E-state index in [1.807, 2.05) is 42.7 Å². The number of para-hydroxylation sites is 2. The first-order valence-electron chi connectivity index (χ1n) is 9.21. The van der Waals surface area contributed by atoms with E-state index in [0.29, 0.717) is 23.7 Å². The summed E-state index contributed by atoms with van der Waals surface area (Å²) in [5.41, 5.74) is 2.35. The maximum absolute atomic E-state index is 12.6. The molecule has 0 atom stereocenters. The van der Waals surface area contributed by atoms with E-state index in [0.717, 1.165) is 16.9 Å². The van der Waals surface area contributed by atoms with Crippen LogP contribution in [-0.2, 0) is 22.6 Å². The van der Waals surface area contributed by atoms with Crippen molar-refractivity contribution in [2.45, 2.75) is 26.8 Å². The number of imidazole rings is 1. The molecule has 0 saturated heterocycles. The number of hydrogen-bond acceptors (Lipinski definition) is 3. The Labute approximate surface area is 168 Å². The Hall–Kier alpha value is -2.86. The van der Waals surface area contributed by atoms with Gasteiger partial charge >= 0.3 is 0 Å². The molecule has 1 heterocycles. The Balaban J connectivity index is 1.76. The van der Waals surface area contributed by atoms with Crippen molar-refractivity contribution in [3.05, 3.63) is 59.4 Å². The Bertz CT molecular complexity index is 997. The summed E-state index contributed by atoms with van der Waals surface area (Å²) >= 11 is 5.98. The maximum Gasteiger partial charge on any atom is 0.244 e. The molecule has 0 aliphatic rings. The average Bonchev–Trinajstić information content (AvgIpc) is 2.99. The van der Waals surface area contributed by atoms with Gasteiger partial charge in [-0.2, -0.15) is 0 Å². The van der Waals surface area contributed by atoms with Crippen molar-refractivity contribution in [1.29, 1.82) is 0 Å². The van der Waals surface area contributed by atoms with Crippen LogP contribution in [0.2, 0.25) is 5.02 Å². The number of fused-ring (bicyclic) bond motifs is 1. The molecule has 7 heteroatoms. The van der Waals surface area contributed by atoms with Crippen molar-refractivity contribution in [3.63, 3.8) is 0 Å². The summed E-state index contributed by atoms with van der Waals surface area (Å²) in [6.45, 7) is 4.30. The van der Waals surface area contributed by atoms with Crippen LogP contribution in [0.3, 0.4) is 0 Å². The van der Waals surface area contributed by atoms with Crippen molar-refractivity contribution in [3.8, 4) is 0 Å². The number of benzene rings is 2. The van der Waals surface area contributed by atoms with E-state index in [4.69, 9.17) is 11.6 Å². The smallest absolute Gasteiger partial charge is 0.244 e. The van der Waals surface area contributed by atoms with Gasteiger partial charge in [-0.05, 0) is 30.3 Å². The van der Waals surface area contributed by atoms with Crippen molar-refractivity contribution >= 4 is 40.1 Å². The summed E-state index contributed by atoms with van der Waals surface area (Å²) in [4.78, 5) is 29.0.